The Balaban J connectivity index is 2.12. The van der Waals surface area contributed by atoms with Crippen molar-refractivity contribution in [2.75, 3.05) is 6.61 Å². The van der Waals surface area contributed by atoms with Crippen LogP contribution in [0.2, 0.25) is 0 Å². The molecule has 10 heavy (non-hydrogen) atoms. The van der Waals surface area contributed by atoms with Crippen LogP contribution in [0.5, 0.6) is 0 Å². The Morgan fingerprint density at radius 2 is 2.30 bits per heavy atom. The minimum atomic E-state index is -1.02. The maximum absolute atomic E-state index is 10.4. The summed E-state index contributed by atoms with van der Waals surface area (Å²) in [6.45, 7) is 0.220. The summed E-state index contributed by atoms with van der Waals surface area (Å²) in [6.07, 6.45) is -2.77. The Morgan fingerprint density at radius 1 is 1.50 bits per heavy atom. The van der Waals surface area contributed by atoms with Crippen molar-refractivity contribution in [3.8, 4) is 0 Å². The van der Waals surface area contributed by atoms with E-state index in [1.54, 1.807) is 0 Å². The molecule has 0 aromatic carbocycles. The topological polar surface area (TPSA) is 65.0 Å². The van der Waals surface area contributed by atoms with Gasteiger partial charge in [-0.25, -0.2) is 4.79 Å². The van der Waals surface area contributed by atoms with Gasteiger partial charge in [0.15, 0.2) is 18.5 Å². The van der Waals surface area contributed by atoms with Crippen LogP contribution >= 0.6 is 0 Å². The summed E-state index contributed by atoms with van der Waals surface area (Å²) >= 11 is 0. The fraction of sp³-hybridized carbons (Fsp3) is 0.800. The summed E-state index contributed by atoms with van der Waals surface area (Å²) in [5.41, 5.74) is 0. The first-order valence-electron chi connectivity index (χ1n) is 2.94. The average Bonchev–Trinajstić information content (AvgIpc) is 2.35. The van der Waals surface area contributed by atoms with Crippen molar-refractivity contribution in [3.05, 3.63) is 0 Å². The zero-order valence-electron chi connectivity index (χ0n) is 5.02. The first-order valence-corrected chi connectivity index (χ1v) is 2.94. The monoisotopic (exact) mass is 146 g/mol. The highest BCUT2D eigenvalue weighted by Crippen LogP contribution is 2.24. The van der Waals surface area contributed by atoms with Gasteiger partial charge in [0.05, 0.1) is 6.61 Å². The van der Waals surface area contributed by atoms with E-state index in [4.69, 9.17) is 9.84 Å². The number of carbonyl (C=O) groups is 1. The predicted octanol–water partition coefficient (Wildman–Crippen LogP) is -0.761. The number of fused-ring (bicyclic) bond motifs is 1. The third-order valence-corrected chi connectivity index (χ3v) is 1.56. The Kier molecular flexibility index (Phi) is 1.09. The second-order valence-corrected chi connectivity index (χ2v) is 2.21. The second kappa shape index (κ2) is 1.83. The molecule has 5 nitrogen and oxygen atoms in total. The van der Waals surface area contributed by atoms with Crippen molar-refractivity contribution in [2.24, 2.45) is 0 Å². The molecule has 2 aliphatic rings. The zero-order chi connectivity index (χ0) is 7.14. The van der Waals surface area contributed by atoms with Gasteiger partial charge in [-0.05, 0) is 0 Å². The summed E-state index contributed by atoms with van der Waals surface area (Å²) in [7, 11) is 0. The van der Waals surface area contributed by atoms with Gasteiger partial charge in [-0.3, -0.25) is 0 Å². The summed E-state index contributed by atoms with van der Waals surface area (Å²) in [4.78, 5) is 10.4. The van der Waals surface area contributed by atoms with E-state index in [9.17, 15) is 4.79 Å². The number of hydrogen-bond acceptors (Lipinski definition) is 5. The van der Waals surface area contributed by atoms with E-state index in [1.807, 2.05) is 0 Å². The number of ether oxygens (including phenoxy) is 3. The highest BCUT2D eigenvalue weighted by atomic mass is 16.8. The van der Waals surface area contributed by atoms with Gasteiger partial charge in [-0.2, -0.15) is 0 Å². The highest BCUT2D eigenvalue weighted by Gasteiger charge is 2.47. The third-order valence-electron chi connectivity index (χ3n) is 1.56. The molecule has 1 N–H and O–H groups in total. The molecule has 0 saturated carbocycles. The second-order valence-electron chi connectivity index (χ2n) is 2.21. The van der Waals surface area contributed by atoms with Crippen LogP contribution in [0.15, 0.2) is 0 Å². The molecular weight excluding hydrogens is 140 g/mol. The molecular formula is C5H6O5. The zero-order valence-corrected chi connectivity index (χ0v) is 5.02. The lowest BCUT2D eigenvalue weighted by Crippen LogP contribution is -2.26. The number of hydrogen-bond donors (Lipinski definition) is 1. The van der Waals surface area contributed by atoms with Crippen LogP contribution in [0, 0.1) is 0 Å². The number of carbonyl (C=O) groups excluding carboxylic acids is 1. The average molecular weight is 146 g/mol. The van der Waals surface area contributed by atoms with Crippen molar-refractivity contribution in [2.45, 2.75) is 18.5 Å². The molecule has 2 heterocycles. The molecule has 3 atom stereocenters. The molecule has 5 heteroatoms. The molecule has 2 aliphatic heterocycles. The molecule has 0 aliphatic carbocycles. The Morgan fingerprint density at radius 3 is 3.00 bits per heavy atom. The first kappa shape index (κ1) is 5.94. The van der Waals surface area contributed by atoms with E-state index in [2.05, 4.69) is 9.47 Å². The van der Waals surface area contributed by atoms with Crippen molar-refractivity contribution >= 4 is 6.16 Å². The Bertz CT molecular complexity index is 167. The van der Waals surface area contributed by atoms with Gasteiger partial charge < -0.3 is 19.3 Å². The lowest BCUT2D eigenvalue weighted by atomic mass is 10.2. The van der Waals surface area contributed by atoms with E-state index in [-0.39, 0.29) is 6.61 Å². The first-order chi connectivity index (χ1) is 4.77. The molecule has 0 spiro atoms. The standard InChI is InChI=1S/C5H6O5/c6-4-3-2(1-8-4)9-5(7)10-3/h2-4,6H,1H2/t2-,3?,4+/m0/s1. The molecule has 0 amide bonds. The van der Waals surface area contributed by atoms with Crippen LogP contribution in [-0.2, 0) is 14.2 Å². The maximum atomic E-state index is 10.4. The van der Waals surface area contributed by atoms with Crippen molar-refractivity contribution in [1.29, 1.82) is 0 Å². The predicted molar refractivity (Wildman–Crippen MR) is 27.1 cm³/mol. The van der Waals surface area contributed by atoms with Crippen LogP contribution < -0.4 is 0 Å². The van der Waals surface area contributed by atoms with Crippen LogP contribution in [0.4, 0.5) is 4.79 Å². The van der Waals surface area contributed by atoms with Gasteiger partial charge in [0, 0.05) is 0 Å². The molecule has 2 saturated heterocycles. The van der Waals surface area contributed by atoms with Crippen LogP contribution in [-0.4, -0.2) is 36.4 Å². The fourth-order valence-electron chi connectivity index (χ4n) is 1.06. The van der Waals surface area contributed by atoms with Crippen LogP contribution in [0.1, 0.15) is 0 Å². The van der Waals surface area contributed by atoms with E-state index in [1.165, 1.54) is 0 Å². The molecule has 0 aromatic rings. The van der Waals surface area contributed by atoms with Crippen LogP contribution in [0.25, 0.3) is 0 Å². The summed E-state index contributed by atoms with van der Waals surface area (Å²) in [5.74, 6) is 0. The van der Waals surface area contributed by atoms with Gasteiger partial charge in [0.1, 0.15) is 0 Å². The van der Waals surface area contributed by atoms with Gasteiger partial charge in [0.25, 0.3) is 0 Å². The molecule has 0 radical (unpaired) electrons. The molecule has 1 unspecified atom stereocenters. The molecule has 56 valence electrons. The summed E-state index contributed by atoms with van der Waals surface area (Å²) in [6, 6.07) is 0. The van der Waals surface area contributed by atoms with Gasteiger partial charge in [-0.15, -0.1) is 0 Å². The number of rotatable bonds is 0. The van der Waals surface area contributed by atoms with Gasteiger partial charge in [0.2, 0.25) is 0 Å². The smallest absolute Gasteiger partial charge is 0.424 e. The van der Waals surface area contributed by atoms with E-state index in [0.717, 1.165) is 0 Å². The maximum Gasteiger partial charge on any atom is 0.509 e. The summed E-state index contributed by atoms with van der Waals surface area (Å²) < 4.78 is 13.9. The quantitative estimate of drug-likeness (QED) is 0.455. The Hall–Kier alpha value is -0.810. The van der Waals surface area contributed by atoms with E-state index in [0.29, 0.717) is 0 Å². The summed E-state index contributed by atoms with van der Waals surface area (Å²) in [5, 5.41) is 8.94. The third kappa shape index (κ3) is 0.676. The Labute approximate surface area is 56.5 Å². The van der Waals surface area contributed by atoms with Crippen molar-refractivity contribution in [1.82, 2.24) is 0 Å². The largest absolute Gasteiger partial charge is 0.509 e. The lowest BCUT2D eigenvalue weighted by molar-refractivity contribution is -0.108. The molecule has 2 fully saturated rings. The van der Waals surface area contributed by atoms with E-state index < -0.39 is 24.7 Å². The molecule has 2 rings (SSSR count). The number of aliphatic hydroxyl groups is 1. The minimum absolute atomic E-state index is 0.220. The highest BCUT2D eigenvalue weighted by molar-refractivity contribution is 5.62. The van der Waals surface area contributed by atoms with E-state index >= 15 is 0 Å². The van der Waals surface area contributed by atoms with Crippen molar-refractivity contribution < 1.29 is 24.1 Å². The van der Waals surface area contributed by atoms with Crippen LogP contribution in [0.3, 0.4) is 0 Å². The van der Waals surface area contributed by atoms with Gasteiger partial charge >= 0.3 is 6.16 Å². The number of aliphatic hydroxyl groups excluding tert-OH is 1. The minimum Gasteiger partial charge on any atom is -0.424 e. The molecule has 0 bridgehead atoms. The fourth-order valence-corrected chi connectivity index (χ4v) is 1.06. The normalized spacial score (nSPS) is 44.5. The van der Waals surface area contributed by atoms with Crippen molar-refractivity contribution in [3.63, 3.8) is 0 Å². The molecule has 0 aromatic heterocycles. The lowest BCUT2D eigenvalue weighted by Gasteiger charge is -2.05. The SMILES string of the molecule is O=C1OC2[C@H](O)OC[C@@H]2O1. The van der Waals surface area contributed by atoms with Gasteiger partial charge in [-0.1, -0.05) is 0 Å².